The first-order valence-corrected chi connectivity index (χ1v) is 7.66. The Balaban J connectivity index is 1.70. The molecular weight excluding hydrogens is 283 g/mol. The van der Waals surface area contributed by atoms with Gasteiger partial charge in [0.15, 0.2) is 0 Å². The number of ether oxygens (including phenoxy) is 1. The lowest BCUT2D eigenvalue weighted by molar-refractivity contribution is -0.0349. The minimum absolute atomic E-state index is 0.206. The molecule has 2 heterocycles. The smallest absolute Gasteiger partial charge is 0.129 e. The maximum Gasteiger partial charge on any atom is 0.129 e. The van der Waals surface area contributed by atoms with E-state index in [0.29, 0.717) is 18.7 Å². The van der Waals surface area contributed by atoms with Crippen LogP contribution < -0.4 is 0 Å². The van der Waals surface area contributed by atoms with Gasteiger partial charge in [0.2, 0.25) is 0 Å². The van der Waals surface area contributed by atoms with E-state index in [1.165, 1.54) is 6.07 Å². The fourth-order valence-electron chi connectivity index (χ4n) is 2.73. The Labute approximate surface area is 129 Å². The molecule has 0 N–H and O–H groups in total. The van der Waals surface area contributed by atoms with Crippen LogP contribution in [0.2, 0.25) is 0 Å². The van der Waals surface area contributed by atoms with Gasteiger partial charge < -0.3 is 4.74 Å². The number of aromatic nitrogens is 3. The third-order valence-corrected chi connectivity index (χ3v) is 3.98. The molecule has 22 heavy (non-hydrogen) atoms. The number of rotatable bonds is 4. The maximum absolute atomic E-state index is 13.9. The molecule has 1 aromatic heterocycles. The molecule has 1 aliphatic rings. The van der Waals surface area contributed by atoms with E-state index in [1.807, 2.05) is 19.9 Å². The molecule has 118 valence electrons. The van der Waals surface area contributed by atoms with E-state index in [1.54, 1.807) is 16.9 Å². The highest BCUT2D eigenvalue weighted by atomic mass is 19.1. The largest absolute Gasteiger partial charge is 0.371 e. The summed E-state index contributed by atoms with van der Waals surface area (Å²) in [5.74, 6) is -0.206. The van der Waals surface area contributed by atoms with Crippen molar-refractivity contribution in [1.82, 2.24) is 19.9 Å². The summed E-state index contributed by atoms with van der Waals surface area (Å²) >= 11 is 0. The van der Waals surface area contributed by atoms with Gasteiger partial charge in [0.05, 0.1) is 30.6 Å². The van der Waals surface area contributed by atoms with Gasteiger partial charge in [0.25, 0.3) is 0 Å². The van der Waals surface area contributed by atoms with Crippen LogP contribution in [-0.2, 0) is 17.8 Å². The minimum atomic E-state index is -0.225. The van der Waals surface area contributed by atoms with Crippen LogP contribution in [0, 0.1) is 12.7 Å². The summed E-state index contributed by atoms with van der Waals surface area (Å²) in [6, 6.07) is 6.82. The SMILES string of the molecule is CCn1nc(C)c(CN2CCOC(c3ccccc3F)C2)n1. The third-order valence-electron chi connectivity index (χ3n) is 3.98. The fraction of sp³-hybridized carbons (Fsp3) is 0.500. The molecule has 0 amide bonds. The molecule has 1 aromatic carbocycles. The van der Waals surface area contributed by atoms with E-state index in [9.17, 15) is 4.39 Å². The zero-order valence-corrected chi connectivity index (χ0v) is 13.0. The summed E-state index contributed by atoms with van der Waals surface area (Å²) in [4.78, 5) is 3.96. The number of hydrogen-bond acceptors (Lipinski definition) is 4. The van der Waals surface area contributed by atoms with Gasteiger partial charge in [0.1, 0.15) is 5.82 Å². The summed E-state index contributed by atoms with van der Waals surface area (Å²) in [5, 5.41) is 8.86. The first-order valence-electron chi connectivity index (χ1n) is 7.66. The van der Waals surface area contributed by atoms with Gasteiger partial charge in [-0.1, -0.05) is 18.2 Å². The van der Waals surface area contributed by atoms with E-state index in [-0.39, 0.29) is 11.9 Å². The highest BCUT2D eigenvalue weighted by Crippen LogP contribution is 2.25. The van der Waals surface area contributed by atoms with Crippen molar-refractivity contribution in [2.75, 3.05) is 19.7 Å². The number of morpholine rings is 1. The maximum atomic E-state index is 13.9. The lowest BCUT2D eigenvalue weighted by Crippen LogP contribution is -2.38. The fourth-order valence-corrected chi connectivity index (χ4v) is 2.73. The summed E-state index contributed by atoms with van der Waals surface area (Å²) < 4.78 is 19.7. The van der Waals surface area contributed by atoms with E-state index in [4.69, 9.17) is 4.74 Å². The second kappa shape index (κ2) is 6.54. The molecule has 1 atom stereocenters. The zero-order valence-electron chi connectivity index (χ0n) is 13.0. The number of aryl methyl sites for hydroxylation is 2. The second-order valence-corrected chi connectivity index (χ2v) is 5.54. The van der Waals surface area contributed by atoms with Crippen LogP contribution in [0.4, 0.5) is 4.39 Å². The van der Waals surface area contributed by atoms with Crippen molar-refractivity contribution in [2.24, 2.45) is 0 Å². The zero-order chi connectivity index (χ0) is 15.5. The molecule has 5 nitrogen and oxygen atoms in total. The van der Waals surface area contributed by atoms with E-state index >= 15 is 0 Å². The monoisotopic (exact) mass is 304 g/mol. The Morgan fingerprint density at radius 3 is 2.86 bits per heavy atom. The first-order chi connectivity index (χ1) is 10.7. The minimum Gasteiger partial charge on any atom is -0.371 e. The summed E-state index contributed by atoms with van der Waals surface area (Å²) in [7, 11) is 0. The molecular formula is C16H21FN4O. The standard InChI is InChI=1S/C16H21FN4O/c1-3-21-18-12(2)15(19-21)10-20-8-9-22-16(11-20)13-6-4-5-7-14(13)17/h4-7,16H,3,8-11H2,1-2H3. The predicted molar refractivity (Wildman–Crippen MR) is 80.8 cm³/mol. The Bertz CT molecular complexity index is 643. The number of nitrogens with zero attached hydrogens (tertiary/aromatic N) is 4. The molecule has 0 spiro atoms. The topological polar surface area (TPSA) is 43.2 Å². The Kier molecular flexibility index (Phi) is 4.49. The molecule has 3 rings (SSSR count). The summed E-state index contributed by atoms with van der Waals surface area (Å²) in [6.07, 6.45) is -0.225. The van der Waals surface area contributed by atoms with Crippen molar-refractivity contribution in [3.63, 3.8) is 0 Å². The third kappa shape index (κ3) is 3.18. The summed E-state index contributed by atoms with van der Waals surface area (Å²) in [6.45, 7) is 7.57. The predicted octanol–water partition coefficient (Wildman–Crippen LogP) is 2.32. The van der Waals surface area contributed by atoms with E-state index < -0.39 is 0 Å². The van der Waals surface area contributed by atoms with Crippen molar-refractivity contribution >= 4 is 0 Å². The Morgan fingerprint density at radius 2 is 2.14 bits per heavy atom. The molecule has 6 heteroatoms. The molecule has 2 aromatic rings. The van der Waals surface area contributed by atoms with E-state index in [0.717, 1.165) is 31.0 Å². The summed E-state index contributed by atoms with van der Waals surface area (Å²) in [5.41, 5.74) is 2.56. The van der Waals surface area contributed by atoms with Crippen molar-refractivity contribution in [2.45, 2.75) is 33.0 Å². The Hall–Kier alpha value is -1.79. The number of hydrogen-bond donors (Lipinski definition) is 0. The molecule has 0 bridgehead atoms. The van der Waals surface area contributed by atoms with Crippen LogP contribution in [0.1, 0.15) is 30.0 Å². The molecule has 0 radical (unpaired) electrons. The molecule has 1 unspecified atom stereocenters. The average Bonchev–Trinajstić information content (AvgIpc) is 2.88. The average molecular weight is 304 g/mol. The van der Waals surface area contributed by atoms with Crippen LogP contribution in [-0.4, -0.2) is 39.6 Å². The van der Waals surface area contributed by atoms with Crippen LogP contribution in [0.5, 0.6) is 0 Å². The first kappa shape index (κ1) is 15.1. The van der Waals surface area contributed by atoms with Crippen LogP contribution in [0.3, 0.4) is 0 Å². The van der Waals surface area contributed by atoms with Gasteiger partial charge in [-0.2, -0.15) is 15.0 Å². The number of halogens is 1. The van der Waals surface area contributed by atoms with Crippen molar-refractivity contribution in [3.05, 3.63) is 47.0 Å². The second-order valence-electron chi connectivity index (χ2n) is 5.54. The van der Waals surface area contributed by atoms with Crippen LogP contribution in [0.25, 0.3) is 0 Å². The van der Waals surface area contributed by atoms with Crippen LogP contribution in [0.15, 0.2) is 24.3 Å². The molecule has 0 aliphatic carbocycles. The van der Waals surface area contributed by atoms with Crippen molar-refractivity contribution < 1.29 is 9.13 Å². The van der Waals surface area contributed by atoms with Gasteiger partial charge >= 0.3 is 0 Å². The lowest BCUT2D eigenvalue weighted by Gasteiger charge is -2.32. The lowest BCUT2D eigenvalue weighted by atomic mass is 10.1. The number of benzene rings is 1. The van der Waals surface area contributed by atoms with Gasteiger partial charge in [-0.3, -0.25) is 4.90 Å². The molecule has 1 fully saturated rings. The molecule has 0 saturated carbocycles. The highest BCUT2D eigenvalue weighted by Gasteiger charge is 2.25. The quantitative estimate of drug-likeness (QED) is 0.869. The normalized spacial score (nSPS) is 19.5. The highest BCUT2D eigenvalue weighted by molar-refractivity contribution is 5.21. The van der Waals surface area contributed by atoms with E-state index in [2.05, 4.69) is 15.1 Å². The van der Waals surface area contributed by atoms with Gasteiger partial charge in [-0.05, 0) is 19.9 Å². The molecule has 1 saturated heterocycles. The van der Waals surface area contributed by atoms with Crippen molar-refractivity contribution in [1.29, 1.82) is 0 Å². The Morgan fingerprint density at radius 1 is 1.32 bits per heavy atom. The van der Waals surface area contributed by atoms with Gasteiger partial charge in [0, 0.05) is 25.2 Å². The van der Waals surface area contributed by atoms with Gasteiger partial charge in [-0.15, -0.1) is 0 Å². The van der Waals surface area contributed by atoms with Crippen LogP contribution >= 0.6 is 0 Å². The van der Waals surface area contributed by atoms with Gasteiger partial charge in [-0.25, -0.2) is 4.39 Å². The van der Waals surface area contributed by atoms with Crippen molar-refractivity contribution in [3.8, 4) is 0 Å². The molecule has 1 aliphatic heterocycles.